The van der Waals surface area contributed by atoms with Crippen LogP contribution in [0.5, 0.6) is 0 Å². The topological polar surface area (TPSA) is 134 Å². The molecule has 0 saturated heterocycles. The van der Waals surface area contributed by atoms with Crippen molar-refractivity contribution < 1.29 is 37.6 Å². The van der Waals surface area contributed by atoms with Crippen LogP contribution in [0.25, 0.3) is 0 Å². The summed E-state index contributed by atoms with van der Waals surface area (Å²) >= 11 is 0. The number of rotatable bonds is 42. The Morgan fingerprint density at radius 2 is 0.948 bits per heavy atom. The summed E-state index contributed by atoms with van der Waals surface area (Å²) in [7, 11) is -4.40. The average Bonchev–Trinajstić information content (AvgIpc) is 3.21. The number of esters is 2. The Morgan fingerprint density at radius 1 is 0.534 bits per heavy atom. The van der Waals surface area contributed by atoms with Crippen LogP contribution in [-0.2, 0) is 32.7 Å². The maximum absolute atomic E-state index is 12.6. The van der Waals surface area contributed by atoms with Crippen molar-refractivity contribution in [1.82, 2.24) is 0 Å². The fraction of sp³-hybridized carbons (Fsp3) is 0.708. The molecule has 0 bridgehead atoms. The molecule has 0 heterocycles. The van der Waals surface area contributed by atoms with Crippen molar-refractivity contribution in [2.24, 2.45) is 5.73 Å². The van der Waals surface area contributed by atoms with E-state index in [1.54, 1.807) is 0 Å². The molecule has 9 nitrogen and oxygen atoms in total. The van der Waals surface area contributed by atoms with Crippen LogP contribution in [0.4, 0.5) is 0 Å². The minimum absolute atomic E-state index is 0.0397. The van der Waals surface area contributed by atoms with E-state index < -0.39 is 32.5 Å². The van der Waals surface area contributed by atoms with Crippen molar-refractivity contribution in [3.63, 3.8) is 0 Å². The molecule has 0 aromatic rings. The molecular weight excluding hydrogens is 750 g/mol. The summed E-state index contributed by atoms with van der Waals surface area (Å²) in [5.41, 5.74) is 5.35. The first-order valence-electron chi connectivity index (χ1n) is 22.9. The largest absolute Gasteiger partial charge is 0.472 e. The third-order valence-electron chi connectivity index (χ3n) is 9.37. The van der Waals surface area contributed by atoms with Gasteiger partial charge in [-0.3, -0.25) is 18.6 Å². The summed E-state index contributed by atoms with van der Waals surface area (Å²) in [4.78, 5) is 34.9. The van der Waals surface area contributed by atoms with Gasteiger partial charge in [0.15, 0.2) is 6.10 Å². The van der Waals surface area contributed by atoms with Gasteiger partial charge in [-0.2, -0.15) is 0 Å². The number of carbonyl (C=O) groups is 2. The monoisotopic (exact) mass is 834 g/mol. The van der Waals surface area contributed by atoms with Gasteiger partial charge in [-0.05, 0) is 51.4 Å². The van der Waals surface area contributed by atoms with Gasteiger partial charge in [-0.25, -0.2) is 4.57 Å². The van der Waals surface area contributed by atoms with Crippen molar-refractivity contribution in [1.29, 1.82) is 0 Å². The first-order valence-corrected chi connectivity index (χ1v) is 24.4. The molecule has 0 spiro atoms. The normalized spacial score (nSPS) is 13.9. The van der Waals surface area contributed by atoms with E-state index in [4.69, 9.17) is 24.3 Å². The molecule has 3 N–H and O–H groups in total. The number of unbranched alkanes of at least 4 members (excludes halogenated alkanes) is 17. The number of ether oxygens (including phenoxy) is 2. The van der Waals surface area contributed by atoms with E-state index in [1.165, 1.54) is 96.3 Å². The van der Waals surface area contributed by atoms with Crippen molar-refractivity contribution in [2.45, 2.75) is 193 Å². The molecule has 0 aliphatic carbocycles. The van der Waals surface area contributed by atoms with Gasteiger partial charge in [0.25, 0.3) is 0 Å². The van der Waals surface area contributed by atoms with Crippen LogP contribution >= 0.6 is 7.82 Å². The van der Waals surface area contributed by atoms with Crippen molar-refractivity contribution in [3.8, 4) is 0 Å². The lowest BCUT2D eigenvalue weighted by Gasteiger charge is -2.19. The number of phosphoric ester groups is 1. The van der Waals surface area contributed by atoms with E-state index in [2.05, 4.69) is 74.6 Å². The molecule has 0 radical (unpaired) electrons. The highest BCUT2D eigenvalue weighted by atomic mass is 31.2. The highest BCUT2D eigenvalue weighted by molar-refractivity contribution is 7.47. The third-order valence-corrected chi connectivity index (χ3v) is 10.4. The SMILES string of the molecule is CC/C=C\C/C=C\C/C=C\C/C=C\C/C=C\C/C=C\CCC(=O)O[C@H](COC(=O)CCCCCCCCCCCCCCCCCCCC)COP(=O)(O)OCCN. The number of hydrogen-bond acceptors (Lipinski definition) is 8. The molecule has 0 amide bonds. The molecule has 58 heavy (non-hydrogen) atoms. The summed E-state index contributed by atoms with van der Waals surface area (Å²) in [6.07, 6.45) is 53.8. The fourth-order valence-electron chi connectivity index (χ4n) is 6.01. The Labute approximate surface area is 354 Å². The third kappa shape index (κ3) is 43.0. The molecule has 10 heteroatoms. The molecule has 1 unspecified atom stereocenters. The lowest BCUT2D eigenvalue weighted by atomic mass is 10.0. The smallest absolute Gasteiger partial charge is 0.462 e. The minimum atomic E-state index is -4.40. The maximum Gasteiger partial charge on any atom is 0.472 e. The zero-order chi connectivity index (χ0) is 42.5. The van der Waals surface area contributed by atoms with Gasteiger partial charge >= 0.3 is 19.8 Å². The van der Waals surface area contributed by atoms with Crippen molar-refractivity contribution >= 4 is 19.8 Å². The first-order chi connectivity index (χ1) is 28.3. The first kappa shape index (κ1) is 55.5. The van der Waals surface area contributed by atoms with Crippen LogP contribution in [0.3, 0.4) is 0 Å². The van der Waals surface area contributed by atoms with E-state index in [1.807, 2.05) is 12.2 Å². The molecule has 0 aliphatic heterocycles. The van der Waals surface area contributed by atoms with Crippen LogP contribution in [0.2, 0.25) is 0 Å². The molecule has 0 rings (SSSR count). The van der Waals surface area contributed by atoms with Gasteiger partial charge in [0.05, 0.1) is 13.2 Å². The predicted octanol–water partition coefficient (Wildman–Crippen LogP) is 13.4. The Morgan fingerprint density at radius 3 is 1.38 bits per heavy atom. The van der Waals surface area contributed by atoms with Crippen molar-refractivity contribution in [2.75, 3.05) is 26.4 Å². The van der Waals surface area contributed by atoms with Gasteiger partial charge < -0.3 is 20.1 Å². The van der Waals surface area contributed by atoms with Gasteiger partial charge in [-0.1, -0.05) is 196 Å². The number of hydrogen-bond donors (Lipinski definition) is 2. The van der Waals surface area contributed by atoms with Gasteiger partial charge in [0, 0.05) is 19.4 Å². The number of allylic oxidation sites excluding steroid dienone is 12. The Kier molecular flexibility index (Phi) is 42.1. The van der Waals surface area contributed by atoms with E-state index in [0.29, 0.717) is 6.42 Å². The number of nitrogens with two attached hydrogens (primary N) is 1. The van der Waals surface area contributed by atoms with Gasteiger partial charge in [-0.15, -0.1) is 0 Å². The van der Waals surface area contributed by atoms with Gasteiger partial charge in [0.2, 0.25) is 0 Å². The van der Waals surface area contributed by atoms with E-state index in [-0.39, 0.29) is 32.6 Å². The fourth-order valence-corrected chi connectivity index (χ4v) is 6.78. The Bertz CT molecular complexity index is 1180. The van der Waals surface area contributed by atoms with Crippen LogP contribution < -0.4 is 5.73 Å². The molecule has 334 valence electrons. The van der Waals surface area contributed by atoms with E-state index >= 15 is 0 Å². The second-order valence-electron chi connectivity index (χ2n) is 14.9. The lowest BCUT2D eigenvalue weighted by Crippen LogP contribution is -2.29. The van der Waals surface area contributed by atoms with Crippen LogP contribution in [0.15, 0.2) is 72.9 Å². The van der Waals surface area contributed by atoms with E-state index in [0.717, 1.165) is 57.8 Å². The zero-order valence-electron chi connectivity index (χ0n) is 36.8. The molecule has 0 fully saturated rings. The van der Waals surface area contributed by atoms with E-state index in [9.17, 15) is 19.0 Å². The van der Waals surface area contributed by atoms with Crippen LogP contribution in [0.1, 0.15) is 187 Å². The predicted molar refractivity (Wildman–Crippen MR) is 242 cm³/mol. The number of phosphoric acid groups is 1. The van der Waals surface area contributed by atoms with Crippen LogP contribution in [0, 0.1) is 0 Å². The highest BCUT2D eigenvalue weighted by Gasteiger charge is 2.25. The molecular formula is C48H84NO8P. The Balaban J connectivity index is 4.23. The summed E-state index contributed by atoms with van der Waals surface area (Å²) < 4.78 is 32.7. The average molecular weight is 834 g/mol. The second kappa shape index (κ2) is 44.0. The second-order valence-corrected chi connectivity index (χ2v) is 16.3. The summed E-state index contributed by atoms with van der Waals surface area (Å²) in [6, 6.07) is 0. The molecule has 0 aliphatic rings. The summed E-state index contributed by atoms with van der Waals surface area (Å²) in [5.74, 6) is -0.926. The van der Waals surface area contributed by atoms with Crippen molar-refractivity contribution in [3.05, 3.63) is 72.9 Å². The molecule has 2 atom stereocenters. The number of carbonyl (C=O) groups excluding carboxylic acids is 2. The molecule has 0 aromatic heterocycles. The quantitative estimate of drug-likeness (QED) is 0.0267. The van der Waals surface area contributed by atoms with Crippen LogP contribution in [-0.4, -0.2) is 49.3 Å². The summed E-state index contributed by atoms with van der Waals surface area (Å²) in [6.45, 7) is 3.54. The minimum Gasteiger partial charge on any atom is -0.462 e. The van der Waals surface area contributed by atoms with Gasteiger partial charge in [0.1, 0.15) is 6.61 Å². The Hall–Kier alpha value is -2.55. The maximum atomic E-state index is 12.6. The zero-order valence-corrected chi connectivity index (χ0v) is 37.6. The standard InChI is InChI=1S/C48H84NO8P/c1-3-5-7-9-11-13-15-17-19-21-23-25-27-29-31-33-35-37-39-41-48(51)57-46(45-56-58(52,53)55-43-42-49)44-54-47(50)40-38-36-34-32-30-28-26-24-22-20-18-16-14-12-10-8-6-4-2/h5,7,11,13,17,19,23,25,29,31,35,37,46H,3-4,6,8-10,12,14-16,18,20-22,24,26-28,30,32-34,36,38-45,49H2,1-2H3,(H,52,53)/b7-5-,13-11-,19-17-,25-23-,31-29-,37-35-/t46-/m1/s1. The molecule has 0 saturated carbocycles. The summed E-state index contributed by atoms with van der Waals surface area (Å²) in [5, 5.41) is 0. The molecule has 0 aromatic carbocycles. The lowest BCUT2D eigenvalue weighted by molar-refractivity contribution is -0.161. The highest BCUT2D eigenvalue weighted by Crippen LogP contribution is 2.43.